The fraction of sp³-hybridized carbons (Fsp3) is 0.364. The Kier molecular flexibility index (Phi) is 6.83. The molecule has 0 radical (unpaired) electrons. The summed E-state index contributed by atoms with van der Waals surface area (Å²) in [6, 6.07) is 3.33. The zero-order valence-electron chi connectivity index (χ0n) is 18.3. The number of halogens is 1. The summed E-state index contributed by atoms with van der Waals surface area (Å²) in [5.74, 6) is 0.0353. The summed E-state index contributed by atoms with van der Waals surface area (Å²) in [4.78, 5) is 39.6. The number of likely N-dealkylation sites (tertiary alicyclic amines) is 1. The lowest BCUT2D eigenvalue weighted by Crippen LogP contribution is -2.43. The Bertz CT molecular complexity index is 1140. The van der Waals surface area contributed by atoms with Crippen molar-refractivity contribution >= 4 is 23.4 Å². The third-order valence-electron chi connectivity index (χ3n) is 5.56. The van der Waals surface area contributed by atoms with Crippen LogP contribution in [-0.2, 0) is 11.3 Å². The van der Waals surface area contributed by atoms with E-state index in [2.05, 4.69) is 30.5 Å². The number of ether oxygens (including phenoxy) is 1. The minimum Gasteiger partial charge on any atom is -0.481 e. The lowest BCUT2D eigenvalue weighted by Gasteiger charge is -2.30. The molecule has 0 aromatic carbocycles. The van der Waals surface area contributed by atoms with E-state index < -0.39 is 0 Å². The summed E-state index contributed by atoms with van der Waals surface area (Å²) in [5.41, 5.74) is 3.07. The number of nitrogens with zero attached hydrogens (tertiary/aromatic N) is 5. The molecule has 4 rings (SSSR count). The van der Waals surface area contributed by atoms with E-state index in [0.29, 0.717) is 60.3 Å². The lowest BCUT2D eigenvalue weighted by molar-refractivity contribution is -0.126. The monoisotopic (exact) mass is 469 g/mol. The maximum absolute atomic E-state index is 12.9. The average molecular weight is 470 g/mol. The van der Waals surface area contributed by atoms with Crippen LogP contribution in [0.25, 0.3) is 11.3 Å². The molecule has 0 unspecified atom stereocenters. The van der Waals surface area contributed by atoms with Crippen LogP contribution < -0.4 is 10.1 Å². The van der Waals surface area contributed by atoms with Gasteiger partial charge < -0.3 is 15.0 Å². The van der Waals surface area contributed by atoms with E-state index in [4.69, 9.17) is 16.3 Å². The molecule has 4 heterocycles. The first kappa shape index (κ1) is 22.7. The van der Waals surface area contributed by atoms with Gasteiger partial charge >= 0.3 is 0 Å². The number of carbonyl (C=O) groups excluding carboxylic acids is 2. The quantitative estimate of drug-likeness (QED) is 0.567. The fourth-order valence-corrected chi connectivity index (χ4v) is 3.85. The van der Waals surface area contributed by atoms with E-state index >= 15 is 0 Å². The van der Waals surface area contributed by atoms with Crippen molar-refractivity contribution in [2.75, 3.05) is 20.2 Å². The largest absolute Gasteiger partial charge is 0.481 e. The number of H-pyrrole nitrogens is 1. The molecular formula is C22H24ClN7O3. The van der Waals surface area contributed by atoms with Gasteiger partial charge in [-0.05, 0) is 25.8 Å². The number of methoxy groups -OCH3 is 1. The van der Waals surface area contributed by atoms with Crippen LogP contribution in [0.2, 0.25) is 5.02 Å². The molecule has 0 spiro atoms. The Balaban J connectivity index is 1.32. The van der Waals surface area contributed by atoms with Gasteiger partial charge in [0.05, 0.1) is 48.2 Å². The number of hydrogen-bond donors (Lipinski definition) is 2. The number of pyridine rings is 1. The fourth-order valence-electron chi connectivity index (χ4n) is 3.65. The normalized spacial score (nSPS) is 14.2. The first-order valence-electron chi connectivity index (χ1n) is 10.5. The van der Waals surface area contributed by atoms with Crippen LogP contribution in [0.3, 0.4) is 0 Å². The van der Waals surface area contributed by atoms with Crippen LogP contribution in [0.4, 0.5) is 0 Å². The van der Waals surface area contributed by atoms with Gasteiger partial charge in [-0.25, -0.2) is 4.98 Å². The first-order valence-corrected chi connectivity index (χ1v) is 10.9. The van der Waals surface area contributed by atoms with E-state index in [0.717, 1.165) is 5.69 Å². The van der Waals surface area contributed by atoms with Gasteiger partial charge in [0.25, 0.3) is 5.91 Å². The summed E-state index contributed by atoms with van der Waals surface area (Å²) in [7, 11) is 1.52. The highest BCUT2D eigenvalue weighted by atomic mass is 35.5. The summed E-state index contributed by atoms with van der Waals surface area (Å²) >= 11 is 6.24. The third-order valence-corrected chi connectivity index (χ3v) is 5.86. The van der Waals surface area contributed by atoms with Gasteiger partial charge in [-0.15, -0.1) is 0 Å². The highest BCUT2D eigenvalue weighted by molar-refractivity contribution is 6.33. The molecule has 0 saturated carbocycles. The van der Waals surface area contributed by atoms with Crippen molar-refractivity contribution in [3.8, 4) is 17.1 Å². The van der Waals surface area contributed by atoms with Crippen molar-refractivity contribution in [1.82, 2.24) is 35.4 Å². The second kappa shape index (κ2) is 9.95. The van der Waals surface area contributed by atoms with E-state index in [1.54, 1.807) is 29.4 Å². The van der Waals surface area contributed by atoms with Gasteiger partial charge in [0, 0.05) is 36.8 Å². The Hall–Kier alpha value is -3.53. The number of amides is 2. The SMILES string of the molecule is COc1cc(-c2cc(C(=O)N3CCC(C(=O)NCc4cnc(C)cn4)CC3)n[nH]2)c(Cl)cn1. The van der Waals surface area contributed by atoms with Crippen molar-refractivity contribution in [3.63, 3.8) is 0 Å². The molecule has 1 saturated heterocycles. The molecule has 1 fully saturated rings. The Morgan fingerprint density at radius 1 is 1.18 bits per heavy atom. The van der Waals surface area contributed by atoms with Gasteiger partial charge in [-0.2, -0.15) is 5.10 Å². The molecule has 172 valence electrons. The van der Waals surface area contributed by atoms with Gasteiger partial charge in [0.1, 0.15) is 0 Å². The molecule has 0 bridgehead atoms. The van der Waals surface area contributed by atoms with Crippen molar-refractivity contribution in [2.45, 2.75) is 26.3 Å². The lowest BCUT2D eigenvalue weighted by atomic mass is 9.95. The molecule has 0 atom stereocenters. The van der Waals surface area contributed by atoms with Crippen molar-refractivity contribution in [1.29, 1.82) is 0 Å². The topological polar surface area (TPSA) is 126 Å². The summed E-state index contributed by atoms with van der Waals surface area (Å²) in [6.07, 6.45) is 5.98. The highest BCUT2D eigenvalue weighted by Gasteiger charge is 2.29. The second-order valence-corrected chi connectivity index (χ2v) is 8.21. The predicted octanol–water partition coefficient (Wildman–Crippen LogP) is 2.40. The number of hydrogen-bond acceptors (Lipinski definition) is 7. The molecule has 33 heavy (non-hydrogen) atoms. The first-order chi connectivity index (χ1) is 15.9. The number of rotatable bonds is 6. The molecule has 11 heteroatoms. The van der Waals surface area contributed by atoms with Crippen LogP contribution in [0, 0.1) is 12.8 Å². The van der Waals surface area contributed by atoms with Gasteiger partial charge in [-0.3, -0.25) is 24.7 Å². The van der Waals surface area contributed by atoms with Gasteiger partial charge in [-0.1, -0.05) is 11.6 Å². The zero-order chi connectivity index (χ0) is 23.4. The summed E-state index contributed by atoms with van der Waals surface area (Å²) in [5, 5.41) is 10.3. The van der Waals surface area contributed by atoms with Crippen LogP contribution in [0.5, 0.6) is 5.88 Å². The van der Waals surface area contributed by atoms with E-state index in [1.165, 1.54) is 13.3 Å². The van der Waals surface area contributed by atoms with Crippen LogP contribution in [0.15, 0.2) is 30.7 Å². The third kappa shape index (κ3) is 5.28. The van der Waals surface area contributed by atoms with Crippen molar-refractivity contribution in [2.24, 2.45) is 5.92 Å². The highest BCUT2D eigenvalue weighted by Crippen LogP contribution is 2.29. The van der Waals surface area contributed by atoms with Gasteiger partial charge in [0.15, 0.2) is 5.69 Å². The van der Waals surface area contributed by atoms with E-state index in [-0.39, 0.29) is 23.4 Å². The molecule has 3 aromatic heterocycles. The van der Waals surface area contributed by atoms with Crippen LogP contribution in [-0.4, -0.2) is 62.1 Å². The molecule has 2 N–H and O–H groups in total. The van der Waals surface area contributed by atoms with E-state index in [1.807, 2.05) is 6.92 Å². The minimum absolute atomic E-state index is 0.0344. The van der Waals surface area contributed by atoms with Crippen molar-refractivity contribution in [3.05, 3.63) is 52.8 Å². The maximum atomic E-state index is 12.9. The average Bonchev–Trinajstić information content (AvgIpc) is 3.33. The number of aryl methyl sites for hydroxylation is 1. The number of piperidine rings is 1. The number of carbonyl (C=O) groups is 2. The maximum Gasteiger partial charge on any atom is 0.274 e. The van der Waals surface area contributed by atoms with Crippen LogP contribution >= 0.6 is 11.6 Å². The summed E-state index contributed by atoms with van der Waals surface area (Å²) in [6.45, 7) is 3.16. The molecule has 2 amide bonds. The Labute approximate surface area is 195 Å². The molecule has 1 aliphatic heterocycles. The molecule has 1 aliphatic rings. The van der Waals surface area contributed by atoms with Crippen molar-refractivity contribution < 1.29 is 14.3 Å². The smallest absolute Gasteiger partial charge is 0.274 e. The minimum atomic E-state index is -0.191. The Morgan fingerprint density at radius 3 is 2.67 bits per heavy atom. The predicted molar refractivity (Wildman–Crippen MR) is 121 cm³/mol. The Morgan fingerprint density at radius 2 is 1.97 bits per heavy atom. The molecular weight excluding hydrogens is 446 g/mol. The second-order valence-electron chi connectivity index (χ2n) is 7.81. The standard InChI is InChI=1S/C22H24ClN7O3/c1-13-9-25-15(10-24-13)11-27-21(31)14-3-5-30(6-4-14)22(32)19-8-18(28-29-19)16-7-20(33-2)26-12-17(16)23/h7-10,12,14H,3-6,11H2,1-2H3,(H,27,31)(H,28,29). The molecule has 0 aliphatic carbocycles. The van der Waals surface area contributed by atoms with E-state index in [9.17, 15) is 9.59 Å². The van der Waals surface area contributed by atoms with Gasteiger partial charge in [0.2, 0.25) is 11.8 Å². The zero-order valence-corrected chi connectivity index (χ0v) is 19.1. The number of aromatic nitrogens is 5. The molecule has 3 aromatic rings. The van der Waals surface area contributed by atoms with Crippen LogP contribution in [0.1, 0.15) is 34.7 Å². The number of nitrogens with one attached hydrogen (secondary N) is 2. The number of aromatic amines is 1. The molecule has 10 nitrogen and oxygen atoms in total. The summed E-state index contributed by atoms with van der Waals surface area (Å²) < 4.78 is 5.14.